The van der Waals surface area contributed by atoms with Gasteiger partial charge in [-0.3, -0.25) is 0 Å². The normalized spacial score (nSPS) is 16.6. The standard InChI is InChI=1S/C19H27N3O3/c1-22-9-8-20-19(22)18(14-6-10-25-11-7-14)21-13-15-4-5-16(23-2)12-17(15)24-3/h4-5,8-9,12,14,18,21H,6-7,10-11,13H2,1-3H3/t18-/m0/s1. The number of aryl methyl sites for hydroxylation is 1. The Bertz CT molecular complexity index is 680. The van der Waals surface area contributed by atoms with E-state index in [9.17, 15) is 0 Å². The van der Waals surface area contributed by atoms with Gasteiger partial charge in [-0.25, -0.2) is 4.98 Å². The van der Waals surface area contributed by atoms with Gasteiger partial charge in [-0.05, 0) is 24.8 Å². The van der Waals surface area contributed by atoms with Gasteiger partial charge in [0.2, 0.25) is 0 Å². The highest BCUT2D eigenvalue weighted by Gasteiger charge is 2.28. The Kier molecular flexibility index (Phi) is 5.94. The monoisotopic (exact) mass is 345 g/mol. The number of ether oxygens (including phenoxy) is 3. The Morgan fingerprint density at radius 1 is 1.28 bits per heavy atom. The van der Waals surface area contributed by atoms with E-state index in [4.69, 9.17) is 14.2 Å². The van der Waals surface area contributed by atoms with Crippen molar-refractivity contribution in [2.45, 2.75) is 25.4 Å². The number of aromatic nitrogens is 2. The third kappa shape index (κ3) is 4.14. The molecule has 1 N–H and O–H groups in total. The van der Waals surface area contributed by atoms with E-state index in [0.717, 1.165) is 48.9 Å². The predicted molar refractivity (Wildman–Crippen MR) is 95.9 cm³/mol. The van der Waals surface area contributed by atoms with Gasteiger partial charge in [0.05, 0.1) is 20.3 Å². The zero-order chi connectivity index (χ0) is 17.6. The molecule has 1 aliphatic rings. The smallest absolute Gasteiger partial charge is 0.127 e. The van der Waals surface area contributed by atoms with Crippen molar-refractivity contribution in [3.05, 3.63) is 42.0 Å². The van der Waals surface area contributed by atoms with Crippen LogP contribution in [0.4, 0.5) is 0 Å². The van der Waals surface area contributed by atoms with Gasteiger partial charge in [0.25, 0.3) is 0 Å². The van der Waals surface area contributed by atoms with Crippen LogP contribution >= 0.6 is 0 Å². The van der Waals surface area contributed by atoms with Crippen LogP contribution in [0.2, 0.25) is 0 Å². The quantitative estimate of drug-likeness (QED) is 0.836. The minimum Gasteiger partial charge on any atom is -0.497 e. The van der Waals surface area contributed by atoms with Crippen LogP contribution in [0.25, 0.3) is 0 Å². The maximum absolute atomic E-state index is 5.53. The summed E-state index contributed by atoms with van der Waals surface area (Å²) in [4.78, 5) is 4.58. The molecule has 1 fully saturated rings. The molecule has 136 valence electrons. The highest BCUT2D eigenvalue weighted by molar-refractivity contribution is 5.40. The second kappa shape index (κ2) is 8.36. The molecule has 0 aliphatic carbocycles. The second-order valence-corrected chi connectivity index (χ2v) is 6.38. The maximum atomic E-state index is 5.53. The lowest BCUT2D eigenvalue weighted by atomic mass is 9.91. The van der Waals surface area contributed by atoms with Crippen molar-refractivity contribution in [1.82, 2.24) is 14.9 Å². The van der Waals surface area contributed by atoms with Gasteiger partial charge in [0.15, 0.2) is 0 Å². The lowest BCUT2D eigenvalue weighted by molar-refractivity contribution is 0.0518. The van der Waals surface area contributed by atoms with Crippen LogP contribution in [-0.2, 0) is 18.3 Å². The van der Waals surface area contributed by atoms with Crippen LogP contribution < -0.4 is 14.8 Å². The summed E-state index contributed by atoms with van der Waals surface area (Å²) in [5.74, 6) is 3.21. The molecule has 2 heterocycles. The summed E-state index contributed by atoms with van der Waals surface area (Å²) >= 11 is 0. The van der Waals surface area contributed by atoms with E-state index in [2.05, 4.69) is 14.9 Å². The topological polar surface area (TPSA) is 57.5 Å². The van der Waals surface area contributed by atoms with Gasteiger partial charge >= 0.3 is 0 Å². The molecule has 0 bridgehead atoms. The number of methoxy groups -OCH3 is 2. The zero-order valence-corrected chi connectivity index (χ0v) is 15.2. The first-order valence-corrected chi connectivity index (χ1v) is 8.72. The first-order chi connectivity index (χ1) is 12.2. The van der Waals surface area contributed by atoms with Gasteiger partial charge in [-0.1, -0.05) is 6.07 Å². The molecular weight excluding hydrogens is 318 g/mol. The van der Waals surface area contributed by atoms with Crippen LogP contribution in [0.15, 0.2) is 30.6 Å². The van der Waals surface area contributed by atoms with Crippen molar-refractivity contribution >= 4 is 0 Å². The molecule has 25 heavy (non-hydrogen) atoms. The average molecular weight is 345 g/mol. The number of nitrogens with zero attached hydrogens (tertiary/aromatic N) is 2. The SMILES string of the molecule is COc1ccc(CN[C@H](c2nccn2C)C2CCOCC2)c(OC)c1. The fraction of sp³-hybridized carbons (Fsp3) is 0.526. The summed E-state index contributed by atoms with van der Waals surface area (Å²) in [7, 11) is 5.40. The minimum absolute atomic E-state index is 0.190. The number of imidazole rings is 1. The van der Waals surface area contributed by atoms with Gasteiger partial charge in [-0.15, -0.1) is 0 Å². The van der Waals surface area contributed by atoms with Gasteiger partial charge in [0, 0.05) is 50.8 Å². The third-order valence-electron chi connectivity index (χ3n) is 4.88. The minimum atomic E-state index is 0.190. The summed E-state index contributed by atoms with van der Waals surface area (Å²) < 4.78 is 18.4. The fourth-order valence-corrected chi connectivity index (χ4v) is 3.41. The number of nitrogens with one attached hydrogen (secondary N) is 1. The number of hydrogen-bond acceptors (Lipinski definition) is 5. The van der Waals surface area contributed by atoms with E-state index in [1.54, 1.807) is 14.2 Å². The maximum Gasteiger partial charge on any atom is 0.127 e. The van der Waals surface area contributed by atoms with Crippen molar-refractivity contribution < 1.29 is 14.2 Å². The Morgan fingerprint density at radius 2 is 2.08 bits per heavy atom. The number of hydrogen-bond donors (Lipinski definition) is 1. The van der Waals surface area contributed by atoms with Crippen molar-refractivity contribution in [3.8, 4) is 11.5 Å². The molecule has 6 nitrogen and oxygen atoms in total. The molecule has 0 spiro atoms. The highest BCUT2D eigenvalue weighted by Crippen LogP contribution is 2.31. The number of rotatable bonds is 7. The molecule has 0 unspecified atom stereocenters. The number of benzene rings is 1. The molecule has 1 aromatic heterocycles. The molecule has 3 rings (SSSR count). The van der Waals surface area contributed by atoms with E-state index in [1.165, 1.54) is 0 Å². The summed E-state index contributed by atoms with van der Waals surface area (Å²) in [5.41, 5.74) is 1.11. The summed E-state index contributed by atoms with van der Waals surface area (Å²) in [6, 6.07) is 6.12. The molecule has 1 atom stereocenters. The van der Waals surface area contributed by atoms with Gasteiger partial charge in [0.1, 0.15) is 17.3 Å². The third-order valence-corrected chi connectivity index (χ3v) is 4.88. The molecule has 0 radical (unpaired) electrons. The van der Waals surface area contributed by atoms with Crippen LogP contribution in [0, 0.1) is 5.92 Å². The van der Waals surface area contributed by atoms with Crippen molar-refractivity contribution in [1.29, 1.82) is 0 Å². The van der Waals surface area contributed by atoms with E-state index in [1.807, 2.05) is 37.6 Å². The molecule has 2 aromatic rings. The summed E-state index contributed by atoms with van der Waals surface area (Å²) in [6.07, 6.45) is 5.95. The fourth-order valence-electron chi connectivity index (χ4n) is 3.41. The van der Waals surface area contributed by atoms with Crippen LogP contribution in [0.1, 0.15) is 30.3 Å². The Morgan fingerprint density at radius 3 is 2.72 bits per heavy atom. The second-order valence-electron chi connectivity index (χ2n) is 6.38. The molecule has 6 heteroatoms. The van der Waals surface area contributed by atoms with Crippen molar-refractivity contribution in [2.24, 2.45) is 13.0 Å². The molecular formula is C19H27N3O3. The summed E-state index contributed by atoms with van der Waals surface area (Å²) in [6.45, 7) is 2.35. The van der Waals surface area contributed by atoms with Gasteiger partial charge in [-0.2, -0.15) is 0 Å². The first-order valence-electron chi connectivity index (χ1n) is 8.72. The predicted octanol–water partition coefficient (Wildman–Crippen LogP) is 2.69. The highest BCUT2D eigenvalue weighted by atomic mass is 16.5. The lowest BCUT2D eigenvalue weighted by Crippen LogP contribution is -2.33. The molecule has 1 aromatic carbocycles. The molecule has 0 amide bonds. The van der Waals surface area contributed by atoms with Crippen molar-refractivity contribution in [2.75, 3.05) is 27.4 Å². The molecule has 0 saturated carbocycles. The zero-order valence-electron chi connectivity index (χ0n) is 15.2. The summed E-state index contributed by atoms with van der Waals surface area (Å²) in [5, 5.41) is 3.70. The van der Waals surface area contributed by atoms with Crippen LogP contribution in [0.3, 0.4) is 0 Å². The molecule has 1 aliphatic heterocycles. The van der Waals surface area contributed by atoms with Crippen LogP contribution in [-0.4, -0.2) is 37.0 Å². The lowest BCUT2D eigenvalue weighted by Gasteiger charge is -2.31. The van der Waals surface area contributed by atoms with Gasteiger partial charge < -0.3 is 24.1 Å². The first kappa shape index (κ1) is 17.8. The van der Waals surface area contributed by atoms with Crippen molar-refractivity contribution in [3.63, 3.8) is 0 Å². The average Bonchev–Trinajstić information content (AvgIpc) is 3.08. The Balaban J connectivity index is 1.78. The van der Waals surface area contributed by atoms with E-state index < -0.39 is 0 Å². The molecule has 1 saturated heterocycles. The largest absolute Gasteiger partial charge is 0.497 e. The van der Waals surface area contributed by atoms with Crippen LogP contribution in [0.5, 0.6) is 11.5 Å². The van der Waals surface area contributed by atoms with E-state index >= 15 is 0 Å². The van der Waals surface area contributed by atoms with E-state index in [-0.39, 0.29) is 6.04 Å². The Hall–Kier alpha value is -2.05. The Labute approximate surface area is 149 Å². The van der Waals surface area contributed by atoms with E-state index in [0.29, 0.717) is 12.5 Å².